The van der Waals surface area contributed by atoms with Crippen molar-refractivity contribution in [3.63, 3.8) is 0 Å². The first-order valence-corrected chi connectivity index (χ1v) is 9.64. The molecule has 0 unspecified atom stereocenters. The lowest BCUT2D eigenvalue weighted by Gasteiger charge is -2.14. The van der Waals surface area contributed by atoms with Crippen molar-refractivity contribution in [3.8, 4) is 22.9 Å². The van der Waals surface area contributed by atoms with Crippen LogP contribution in [0.2, 0.25) is 5.02 Å². The Morgan fingerprint density at radius 3 is 2.47 bits per heavy atom. The molecule has 0 radical (unpaired) electrons. The Balaban J connectivity index is 1.55. The highest BCUT2D eigenvalue weighted by Crippen LogP contribution is 2.29. The van der Waals surface area contributed by atoms with Crippen LogP contribution in [0.1, 0.15) is 11.1 Å². The van der Waals surface area contributed by atoms with Crippen molar-refractivity contribution in [2.24, 2.45) is 7.05 Å². The lowest BCUT2D eigenvalue weighted by atomic mass is 10.2. The van der Waals surface area contributed by atoms with Crippen LogP contribution in [0.25, 0.3) is 5.69 Å². The van der Waals surface area contributed by atoms with E-state index in [1.807, 2.05) is 55.5 Å². The van der Waals surface area contributed by atoms with Gasteiger partial charge in [-0.3, -0.25) is 0 Å². The topological polar surface area (TPSA) is 71.2 Å². The van der Waals surface area contributed by atoms with Crippen LogP contribution in [-0.2, 0) is 13.7 Å². The number of tetrazole rings is 1. The number of hydrogen-bond acceptors (Lipinski definition) is 5. The average molecular weight is 423 g/mol. The van der Waals surface area contributed by atoms with Gasteiger partial charge in [0.15, 0.2) is 0 Å². The number of aryl methyl sites for hydroxylation is 2. The van der Waals surface area contributed by atoms with Gasteiger partial charge in [-0.05, 0) is 65.4 Å². The Labute approximate surface area is 178 Å². The van der Waals surface area contributed by atoms with E-state index in [-0.39, 0.29) is 12.3 Å². The molecule has 0 N–H and O–H groups in total. The summed E-state index contributed by atoms with van der Waals surface area (Å²) < 4.78 is 14.2. The van der Waals surface area contributed by atoms with Gasteiger partial charge in [0.2, 0.25) is 0 Å². The van der Waals surface area contributed by atoms with Crippen molar-refractivity contribution in [2.75, 3.05) is 0 Å². The fraction of sp³-hybridized carbons (Fsp3) is 0.136. The predicted molar refractivity (Wildman–Crippen MR) is 114 cm³/mol. The molecule has 0 bridgehead atoms. The van der Waals surface area contributed by atoms with Gasteiger partial charge in [0, 0.05) is 17.6 Å². The van der Waals surface area contributed by atoms with Crippen LogP contribution in [0.5, 0.6) is 17.2 Å². The molecular formula is C22H19ClN4O3. The second-order valence-corrected chi connectivity index (χ2v) is 7.07. The fourth-order valence-corrected chi connectivity index (χ4v) is 3.20. The van der Waals surface area contributed by atoms with Crippen LogP contribution in [0.15, 0.2) is 71.5 Å². The summed E-state index contributed by atoms with van der Waals surface area (Å²) in [7, 11) is 1.54. The number of aromatic nitrogens is 4. The quantitative estimate of drug-likeness (QED) is 0.463. The van der Waals surface area contributed by atoms with Crippen LogP contribution in [0.3, 0.4) is 0 Å². The highest BCUT2D eigenvalue weighted by atomic mass is 35.5. The van der Waals surface area contributed by atoms with Gasteiger partial charge in [-0.25, -0.2) is 4.79 Å². The molecule has 4 rings (SSSR count). The highest BCUT2D eigenvalue weighted by Gasteiger charge is 2.15. The molecule has 0 aliphatic carbocycles. The third kappa shape index (κ3) is 4.06. The largest absolute Gasteiger partial charge is 0.488 e. The molecule has 0 aliphatic heterocycles. The van der Waals surface area contributed by atoms with Crippen molar-refractivity contribution < 1.29 is 9.47 Å². The highest BCUT2D eigenvalue weighted by molar-refractivity contribution is 6.31. The van der Waals surface area contributed by atoms with E-state index in [1.54, 1.807) is 18.2 Å². The Kier molecular flexibility index (Phi) is 5.54. The van der Waals surface area contributed by atoms with Crippen molar-refractivity contribution in [1.29, 1.82) is 0 Å². The SMILES string of the molecule is Cc1cc(Oc2ccccc2)ccc1OCc1c(Cl)cccc1-n1nnn(C)c1=O. The van der Waals surface area contributed by atoms with Crippen molar-refractivity contribution in [3.05, 3.63) is 93.4 Å². The van der Waals surface area contributed by atoms with Gasteiger partial charge in [-0.2, -0.15) is 9.36 Å². The summed E-state index contributed by atoms with van der Waals surface area (Å²) in [5, 5.41) is 8.14. The van der Waals surface area contributed by atoms with Crippen LogP contribution < -0.4 is 15.2 Å². The standard InChI is InChI=1S/C22H19ClN4O3/c1-15-13-17(30-16-7-4-3-5-8-16)11-12-21(15)29-14-18-19(23)9-6-10-20(18)27-22(28)26(2)24-25-27/h3-13H,14H2,1-2H3. The molecule has 0 spiro atoms. The first kappa shape index (κ1) is 19.7. The Bertz CT molecular complexity index is 1230. The summed E-state index contributed by atoms with van der Waals surface area (Å²) in [6.45, 7) is 2.10. The van der Waals surface area contributed by atoms with E-state index in [2.05, 4.69) is 10.4 Å². The van der Waals surface area contributed by atoms with Gasteiger partial charge < -0.3 is 9.47 Å². The average Bonchev–Trinajstić information content (AvgIpc) is 3.07. The van der Waals surface area contributed by atoms with E-state index in [0.717, 1.165) is 21.7 Å². The molecule has 7 nitrogen and oxygen atoms in total. The van der Waals surface area contributed by atoms with E-state index in [4.69, 9.17) is 21.1 Å². The van der Waals surface area contributed by atoms with Crippen molar-refractivity contribution in [1.82, 2.24) is 19.8 Å². The van der Waals surface area contributed by atoms with Crippen LogP contribution in [0, 0.1) is 6.92 Å². The maximum absolute atomic E-state index is 12.3. The number of para-hydroxylation sites is 1. The van der Waals surface area contributed by atoms with Gasteiger partial charge >= 0.3 is 5.69 Å². The summed E-state index contributed by atoms with van der Waals surface area (Å²) in [5.74, 6) is 2.17. The molecule has 3 aromatic carbocycles. The Morgan fingerprint density at radius 2 is 1.77 bits per heavy atom. The predicted octanol–water partition coefficient (Wildman–Crippen LogP) is 4.30. The minimum atomic E-state index is -0.364. The third-order valence-corrected chi connectivity index (χ3v) is 4.90. The lowest BCUT2D eigenvalue weighted by Crippen LogP contribution is -2.23. The molecule has 0 amide bonds. The second-order valence-electron chi connectivity index (χ2n) is 6.67. The molecule has 0 atom stereocenters. The number of benzene rings is 3. The van der Waals surface area contributed by atoms with Crippen LogP contribution >= 0.6 is 11.6 Å². The molecule has 0 saturated heterocycles. The zero-order valence-corrected chi connectivity index (χ0v) is 17.2. The summed E-state index contributed by atoms with van der Waals surface area (Å²) >= 11 is 6.39. The van der Waals surface area contributed by atoms with Gasteiger partial charge in [0.25, 0.3) is 0 Å². The molecular weight excluding hydrogens is 404 g/mol. The second kappa shape index (κ2) is 8.42. The normalized spacial score (nSPS) is 10.8. The molecule has 8 heteroatoms. The summed E-state index contributed by atoms with van der Waals surface area (Å²) in [6, 6.07) is 20.4. The van der Waals surface area contributed by atoms with E-state index in [9.17, 15) is 4.79 Å². The minimum Gasteiger partial charge on any atom is -0.488 e. The Hall–Kier alpha value is -3.58. The molecule has 30 heavy (non-hydrogen) atoms. The van der Waals surface area contributed by atoms with Gasteiger partial charge in [-0.1, -0.05) is 35.9 Å². The summed E-state index contributed by atoms with van der Waals surface area (Å²) in [4.78, 5) is 12.3. The van der Waals surface area contributed by atoms with E-state index in [1.165, 1.54) is 11.7 Å². The molecule has 1 aromatic heterocycles. The molecule has 152 valence electrons. The van der Waals surface area contributed by atoms with Gasteiger partial charge in [-0.15, -0.1) is 0 Å². The van der Waals surface area contributed by atoms with Gasteiger partial charge in [0.05, 0.1) is 5.69 Å². The number of hydrogen-bond donors (Lipinski definition) is 0. The monoisotopic (exact) mass is 422 g/mol. The van der Waals surface area contributed by atoms with Gasteiger partial charge in [0.1, 0.15) is 23.9 Å². The molecule has 0 saturated carbocycles. The number of ether oxygens (including phenoxy) is 2. The number of halogens is 1. The molecule has 4 aromatic rings. The number of rotatable bonds is 6. The van der Waals surface area contributed by atoms with Crippen LogP contribution in [-0.4, -0.2) is 19.8 Å². The molecule has 0 aliphatic rings. The first-order valence-electron chi connectivity index (χ1n) is 9.26. The van der Waals surface area contributed by atoms with E-state index < -0.39 is 0 Å². The van der Waals surface area contributed by atoms with Crippen LogP contribution in [0.4, 0.5) is 0 Å². The lowest BCUT2D eigenvalue weighted by molar-refractivity contribution is 0.303. The Morgan fingerprint density at radius 1 is 0.967 bits per heavy atom. The maximum atomic E-state index is 12.3. The van der Waals surface area contributed by atoms with Crippen molar-refractivity contribution >= 4 is 11.6 Å². The zero-order chi connectivity index (χ0) is 21.1. The summed E-state index contributed by atoms with van der Waals surface area (Å²) in [6.07, 6.45) is 0. The fourth-order valence-electron chi connectivity index (χ4n) is 2.98. The summed E-state index contributed by atoms with van der Waals surface area (Å²) in [5.41, 5.74) is 1.72. The van der Waals surface area contributed by atoms with E-state index in [0.29, 0.717) is 22.0 Å². The van der Waals surface area contributed by atoms with Crippen molar-refractivity contribution in [2.45, 2.75) is 13.5 Å². The zero-order valence-electron chi connectivity index (χ0n) is 16.4. The van der Waals surface area contributed by atoms with E-state index >= 15 is 0 Å². The third-order valence-electron chi connectivity index (χ3n) is 4.54. The molecule has 0 fully saturated rings. The minimum absolute atomic E-state index is 0.164. The molecule has 1 heterocycles. The first-order chi connectivity index (χ1) is 14.5. The number of nitrogens with zero attached hydrogens (tertiary/aromatic N) is 4. The smallest absolute Gasteiger partial charge is 0.368 e. The maximum Gasteiger partial charge on any atom is 0.368 e.